The van der Waals surface area contributed by atoms with E-state index in [0.717, 1.165) is 10.7 Å². The lowest BCUT2D eigenvalue weighted by atomic mass is 10.5. The van der Waals surface area contributed by atoms with Crippen molar-refractivity contribution in [3.05, 3.63) is 4.13 Å². The molecule has 0 aromatic carbocycles. The van der Waals surface area contributed by atoms with Gasteiger partial charge in [0.15, 0.2) is 20.0 Å². The van der Waals surface area contributed by atoms with Crippen molar-refractivity contribution >= 4 is 20.0 Å². The lowest BCUT2D eigenvalue weighted by Gasteiger charge is -2.22. The van der Waals surface area contributed by atoms with Crippen LogP contribution in [0.4, 0.5) is 26.3 Å². The first-order valence-corrected chi connectivity index (χ1v) is 7.16. The standard InChI is InChI=1S/C3H9N.C2F6NO4S2/c1-2-3-4;3-1(4,5)14(10,11)9-15(12,13)2(6,7)8/h2-4H2,1H3;/q;-1/p+1. The molecule has 0 aliphatic heterocycles. The molecule has 0 aliphatic rings. The first-order chi connectivity index (χ1) is 8.12. The number of hydrogen-bond acceptors (Lipinski definition) is 4. The minimum atomic E-state index is -6.72. The lowest BCUT2D eigenvalue weighted by Crippen LogP contribution is -2.49. The summed E-state index contributed by atoms with van der Waals surface area (Å²) in [6.07, 6.45) is 1.21. The summed E-state index contributed by atoms with van der Waals surface area (Å²) in [7, 11) is -13.4. The van der Waals surface area contributed by atoms with Crippen LogP contribution >= 0.6 is 0 Å². The van der Waals surface area contributed by atoms with Gasteiger partial charge in [-0.15, -0.1) is 0 Å². The Morgan fingerprint density at radius 1 is 0.895 bits per heavy atom. The zero-order valence-electron chi connectivity index (χ0n) is 9.29. The molecule has 0 aromatic heterocycles. The summed E-state index contributed by atoms with van der Waals surface area (Å²) in [5.41, 5.74) is -8.80. The van der Waals surface area contributed by atoms with Crippen LogP contribution in [0.2, 0.25) is 0 Å². The van der Waals surface area contributed by atoms with Crippen LogP contribution < -0.4 is 5.73 Å². The molecule has 6 nitrogen and oxygen atoms in total. The average Bonchev–Trinajstić information content (AvgIpc) is 2.13. The fourth-order valence-corrected chi connectivity index (χ4v) is 1.92. The van der Waals surface area contributed by atoms with E-state index in [1.54, 1.807) is 0 Å². The molecule has 0 amide bonds. The number of sulfonamides is 2. The molecule has 0 unspecified atom stereocenters. The highest BCUT2D eigenvalue weighted by Crippen LogP contribution is 2.36. The van der Waals surface area contributed by atoms with Gasteiger partial charge in [-0.3, -0.25) is 0 Å². The minimum Gasteiger partial charge on any atom is -0.421 e. The molecule has 0 aliphatic carbocycles. The fourth-order valence-electron chi connectivity index (χ4n) is 0.214. The predicted octanol–water partition coefficient (Wildman–Crippen LogP) is 0.698. The molecule has 0 fully saturated rings. The van der Waals surface area contributed by atoms with Crippen molar-refractivity contribution in [1.82, 2.24) is 0 Å². The number of quaternary nitrogens is 1. The summed E-state index contributed by atoms with van der Waals surface area (Å²) in [4.78, 5) is 0. The molecule has 0 heterocycles. The number of rotatable bonds is 3. The van der Waals surface area contributed by atoms with Gasteiger partial charge in [-0.1, -0.05) is 6.92 Å². The van der Waals surface area contributed by atoms with Crippen molar-refractivity contribution < 1.29 is 48.9 Å². The van der Waals surface area contributed by atoms with Crippen LogP contribution in [-0.4, -0.2) is 34.4 Å². The van der Waals surface area contributed by atoms with E-state index in [4.69, 9.17) is 0 Å². The van der Waals surface area contributed by atoms with Crippen molar-refractivity contribution in [2.45, 2.75) is 24.4 Å². The summed E-state index contributed by atoms with van der Waals surface area (Å²) in [5.74, 6) is 0. The van der Waals surface area contributed by atoms with Crippen LogP contribution in [-0.2, 0) is 20.0 Å². The normalized spacial score (nSPS) is 13.7. The third-order valence-electron chi connectivity index (χ3n) is 1.13. The highest BCUT2D eigenvalue weighted by atomic mass is 32.3. The Hall–Kier alpha value is -0.600. The molecular weight excluding hydrogens is 330 g/mol. The van der Waals surface area contributed by atoms with Crippen molar-refractivity contribution in [3.63, 3.8) is 0 Å². The monoisotopic (exact) mass is 340 g/mol. The maximum atomic E-state index is 11.4. The summed E-state index contributed by atoms with van der Waals surface area (Å²) < 4.78 is 109. The molecule has 14 heteroatoms. The molecule has 0 radical (unpaired) electrons. The zero-order valence-corrected chi connectivity index (χ0v) is 10.9. The van der Waals surface area contributed by atoms with Gasteiger partial charge in [0.05, 0.1) is 6.54 Å². The molecule has 0 atom stereocenters. The van der Waals surface area contributed by atoms with Crippen molar-refractivity contribution in [2.24, 2.45) is 0 Å². The number of halogens is 6. The maximum absolute atomic E-state index is 11.4. The van der Waals surface area contributed by atoms with Gasteiger partial charge in [0, 0.05) is 0 Å². The van der Waals surface area contributed by atoms with E-state index >= 15 is 0 Å². The van der Waals surface area contributed by atoms with Crippen LogP contribution in [0.15, 0.2) is 0 Å². The Labute approximate surface area is 105 Å². The summed E-state index contributed by atoms with van der Waals surface area (Å²) in [5, 5.41) is 0. The van der Waals surface area contributed by atoms with E-state index < -0.39 is 31.1 Å². The maximum Gasteiger partial charge on any atom is 0.480 e. The van der Waals surface area contributed by atoms with E-state index in [1.807, 2.05) is 0 Å². The van der Waals surface area contributed by atoms with Gasteiger partial charge in [-0.25, -0.2) is 16.8 Å². The molecule has 0 saturated carbocycles. The molecule has 0 aromatic rings. The fraction of sp³-hybridized carbons (Fsp3) is 1.00. The van der Waals surface area contributed by atoms with Gasteiger partial charge in [0.1, 0.15) is 0 Å². The van der Waals surface area contributed by atoms with Gasteiger partial charge in [0.2, 0.25) is 0 Å². The largest absolute Gasteiger partial charge is 0.480 e. The number of alkyl halides is 6. The molecule has 0 bridgehead atoms. The van der Waals surface area contributed by atoms with Gasteiger partial charge in [-0.05, 0) is 6.42 Å². The Bertz CT molecular complexity index is 421. The predicted molar refractivity (Wildman–Crippen MR) is 51.4 cm³/mol. The SMILES string of the molecule is CCC[NH3+].O=S(=O)([N-]S(=O)(=O)C(F)(F)F)C(F)(F)F. The summed E-state index contributed by atoms with van der Waals surface area (Å²) in [6, 6.07) is 0. The van der Waals surface area contributed by atoms with Crippen LogP contribution in [0.3, 0.4) is 0 Å². The molecule has 19 heavy (non-hydrogen) atoms. The second-order valence-electron chi connectivity index (χ2n) is 2.77. The highest BCUT2D eigenvalue weighted by Gasteiger charge is 2.46. The minimum absolute atomic E-state index is 0.778. The van der Waals surface area contributed by atoms with Crippen LogP contribution in [0.5, 0.6) is 0 Å². The van der Waals surface area contributed by atoms with Crippen molar-refractivity contribution in [1.29, 1.82) is 0 Å². The Kier molecular flexibility index (Phi) is 7.32. The van der Waals surface area contributed by atoms with E-state index in [0.29, 0.717) is 0 Å². The number of hydrogen-bond donors (Lipinski definition) is 1. The second-order valence-corrected chi connectivity index (χ2v) is 6.19. The molecule has 0 saturated heterocycles. The third-order valence-corrected chi connectivity index (χ3v) is 3.87. The molecule has 0 rings (SSSR count). The second kappa shape index (κ2) is 6.71. The topological polar surface area (TPSA) is 110 Å². The van der Waals surface area contributed by atoms with Crippen molar-refractivity contribution in [2.75, 3.05) is 6.54 Å². The van der Waals surface area contributed by atoms with Crippen LogP contribution in [0.1, 0.15) is 13.3 Å². The van der Waals surface area contributed by atoms with E-state index in [2.05, 4.69) is 12.7 Å². The Morgan fingerprint density at radius 2 is 1.11 bits per heavy atom. The van der Waals surface area contributed by atoms with Gasteiger partial charge >= 0.3 is 11.0 Å². The third kappa shape index (κ3) is 6.93. The van der Waals surface area contributed by atoms with Crippen molar-refractivity contribution in [3.8, 4) is 0 Å². The van der Waals surface area contributed by atoms with E-state index in [1.165, 1.54) is 6.42 Å². The molecule has 118 valence electrons. The lowest BCUT2D eigenvalue weighted by molar-refractivity contribution is -0.367. The number of nitrogens with zero attached hydrogens (tertiary/aromatic N) is 1. The first kappa shape index (κ1) is 20.7. The summed E-state index contributed by atoms with van der Waals surface area (Å²) >= 11 is 0. The van der Waals surface area contributed by atoms with Gasteiger partial charge < -0.3 is 9.86 Å². The first-order valence-electron chi connectivity index (χ1n) is 4.28. The smallest absolute Gasteiger partial charge is 0.421 e. The van der Waals surface area contributed by atoms with Gasteiger partial charge in [0.25, 0.3) is 0 Å². The Balaban J connectivity index is 0. The quantitative estimate of drug-likeness (QED) is 0.762. The highest BCUT2D eigenvalue weighted by molar-refractivity contribution is 8.13. The zero-order chi connectivity index (χ0) is 16.1. The molecule has 3 N–H and O–H groups in total. The summed E-state index contributed by atoms with van der Waals surface area (Å²) in [6.45, 7) is 3.19. The molecule has 0 spiro atoms. The molecular formula is C5H10F6N2O4S2. The van der Waals surface area contributed by atoms with Crippen LogP contribution in [0, 0.1) is 0 Å². The average molecular weight is 340 g/mol. The Morgan fingerprint density at radius 3 is 1.21 bits per heavy atom. The van der Waals surface area contributed by atoms with E-state index in [9.17, 15) is 43.2 Å². The van der Waals surface area contributed by atoms with Gasteiger partial charge in [-0.2, -0.15) is 26.3 Å². The van der Waals surface area contributed by atoms with Crippen LogP contribution in [0.25, 0.3) is 4.13 Å². The van der Waals surface area contributed by atoms with E-state index in [-0.39, 0.29) is 0 Å².